The number of esters is 1. The van der Waals surface area contributed by atoms with Crippen molar-refractivity contribution in [1.29, 1.82) is 0 Å². The number of imide groups is 1. The first kappa shape index (κ1) is 18.9. The van der Waals surface area contributed by atoms with Crippen molar-refractivity contribution >= 4 is 35.0 Å². The summed E-state index contributed by atoms with van der Waals surface area (Å²) in [5.41, 5.74) is 0.674. The van der Waals surface area contributed by atoms with E-state index in [0.717, 1.165) is 16.7 Å². The zero-order valence-corrected chi connectivity index (χ0v) is 15.2. The summed E-state index contributed by atoms with van der Waals surface area (Å²) in [7, 11) is 3.04. The van der Waals surface area contributed by atoms with Gasteiger partial charge in [0.15, 0.2) is 11.5 Å². The molecule has 2 amide bonds. The molecule has 8 heteroatoms. The topological polar surface area (TPSA) is 82.1 Å². The van der Waals surface area contributed by atoms with Crippen molar-refractivity contribution in [3.05, 3.63) is 28.7 Å². The summed E-state index contributed by atoms with van der Waals surface area (Å²) >= 11 is 0.780. The van der Waals surface area contributed by atoms with Gasteiger partial charge in [0, 0.05) is 0 Å². The highest BCUT2D eigenvalue weighted by molar-refractivity contribution is 8.18. The lowest BCUT2D eigenvalue weighted by Crippen LogP contribution is -2.35. The van der Waals surface area contributed by atoms with Gasteiger partial charge in [-0.25, -0.2) is 0 Å². The molecule has 1 saturated heterocycles. The van der Waals surface area contributed by atoms with Gasteiger partial charge >= 0.3 is 5.97 Å². The minimum atomic E-state index is -0.621. The van der Waals surface area contributed by atoms with Gasteiger partial charge in [-0.3, -0.25) is 19.3 Å². The maximum atomic E-state index is 12.4. The van der Waals surface area contributed by atoms with Crippen LogP contribution in [0.3, 0.4) is 0 Å². The van der Waals surface area contributed by atoms with Crippen molar-refractivity contribution in [2.45, 2.75) is 20.0 Å². The van der Waals surface area contributed by atoms with Crippen LogP contribution in [0.5, 0.6) is 11.5 Å². The lowest BCUT2D eigenvalue weighted by Gasteiger charge is -2.13. The smallest absolute Gasteiger partial charge is 0.326 e. The number of thioether (sulfide) groups is 1. The molecule has 1 aliphatic heterocycles. The Hall–Kier alpha value is -2.48. The molecule has 0 spiro atoms. The molecular formula is C17H19NO6S. The lowest BCUT2D eigenvalue weighted by molar-refractivity contribution is -0.149. The maximum absolute atomic E-state index is 12.4. The van der Waals surface area contributed by atoms with Crippen LogP contribution >= 0.6 is 11.8 Å². The number of rotatable bonds is 6. The van der Waals surface area contributed by atoms with Gasteiger partial charge in [-0.05, 0) is 49.4 Å². The fourth-order valence-corrected chi connectivity index (χ4v) is 3.00. The number of nitrogens with zero attached hydrogens (tertiary/aromatic N) is 1. The van der Waals surface area contributed by atoms with Gasteiger partial charge in [0.1, 0.15) is 6.54 Å². The van der Waals surface area contributed by atoms with E-state index < -0.39 is 23.7 Å². The van der Waals surface area contributed by atoms with E-state index in [0.29, 0.717) is 17.1 Å². The molecule has 7 nitrogen and oxygen atoms in total. The lowest BCUT2D eigenvalue weighted by atomic mass is 10.2. The van der Waals surface area contributed by atoms with Gasteiger partial charge < -0.3 is 14.2 Å². The second kappa shape index (κ2) is 8.06. The summed E-state index contributed by atoms with van der Waals surface area (Å²) in [6.07, 6.45) is 1.26. The van der Waals surface area contributed by atoms with Crippen LogP contribution in [-0.4, -0.2) is 48.9 Å². The van der Waals surface area contributed by atoms with E-state index in [4.69, 9.17) is 14.2 Å². The summed E-state index contributed by atoms with van der Waals surface area (Å²) in [5.74, 6) is -0.0738. The molecule has 0 aromatic heterocycles. The van der Waals surface area contributed by atoms with Crippen LogP contribution in [0.2, 0.25) is 0 Å². The molecule has 0 unspecified atom stereocenters. The number of benzene rings is 1. The van der Waals surface area contributed by atoms with Crippen molar-refractivity contribution in [3.8, 4) is 11.5 Å². The minimum Gasteiger partial charge on any atom is -0.493 e. The van der Waals surface area contributed by atoms with Crippen LogP contribution in [0, 0.1) is 0 Å². The van der Waals surface area contributed by atoms with Crippen molar-refractivity contribution in [3.63, 3.8) is 0 Å². The second-order valence-corrected chi connectivity index (χ2v) is 6.41. The van der Waals surface area contributed by atoms with Gasteiger partial charge in [-0.15, -0.1) is 0 Å². The van der Waals surface area contributed by atoms with E-state index >= 15 is 0 Å². The van der Waals surface area contributed by atoms with E-state index in [1.807, 2.05) is 0 Å². The molecule has 1 aromatic rings. The molecule has 25 heavy (non-hydrogen) atoms. The van der Waals surface area contributed by atoms with Crippen LogP contribution in [0.1, 0.15) is 19.4 Å². The van der Waals surface area contributed by atoms with E-state index in [1.165, 1.54) is 14.2 Å². The fraction of sp³-hybridized carbons (Fsp3) is 0.353. The zero-order chi connectivity index (χ0) is 18.6. The number of hydrogen-bond donors (Lipinski definition) is 0. The maximum Gasteiger partial charge on any atom is 0.326 e. The Balaban J connectivity index is 2.18. The highest BCUT2D eigenvalue weighted by atomic mass is 32.2. The molecular weight excluding hydrogens is 346 g/mol. The van der Waals surface area contributed by atoms with Crippen LogP contribution in [-0.2, 0) is 14.3 Å². The Morgan fingerprint density at radius 1 is 1.20 bits per heavy atom. The van der Waals surface area contributed by atoms with Crippen molar-refractivity contribution < 1.29 is 28.6 Å². The van der Waals surface area contributed by atoms with Gasteiger partial charge in [0.25, 0.3) is 11.1 Å². The molecule has 0 bridgehead atoms. The van der Waals surface area contributed by atoms with Crippen LogP contribution < -0.4 is 9.47 Å². The van der Waals surface area contributed by atoms with E-state index in [-0.39, 0.29) is 11.0 Å². The molecule has 1 aliphatic rings. The molecule has 0 aliphatic carbocycles. The van der Waals surface area contributed by atoms with Gasteiger partial charge in [0.2, 0.25) is 0 Å². The number of carbonyl (C=O) groups is 3. The average Bonchev–Trinajstić information content (AvgIpc) is 2.81. The highest BCUT2D eigenvalue weighted by Crippen LogP contribution is 2.34. The number of carbonyl (C=O) groups excluding carboxylic acids is 3. The zero-order valence-electron chi connectivity index (χ0n) is 14.4. The third-order valence-electron chi connectivity index (χ3n) is 3.23. The number of hydrogen-bond acceptors (Lipinski definition) is 7. The van der Waals surface area contributed by atoms with E-state index in [9.17, 15) is 14.4 Å². The normalized spacial score (nSPS) is 15.9. The molecule has 1 fully saturated rings. The molecule has 2 rings (SSSR count). The first-order valence-corrected chi connectivity index (χ1v) is 8.34. The Bertz CT molecular complexity index is 728. The fourth-order valence-electron chi connectivity index (χ4n) is 2.16. The third kappa shape index (κ3) is 4.54. The highest BCUT2D eigenvalue weighted by Gasteiger charge is 2.36. The predicted octanol–water partition coefficient (Wildman–Crippen LogP) is 2.69. The van der Waals surface area contributed by atoms with E-state index in [2.05, 4.69) is 0 Å². The molecule has 0 saturated carbocycles. The van der Waals surface area contributed by atoms with Crippen molar-refractivity contribution in [2.75, 3.05) is 20.8 Å². The van der Waals surface area contributed by atoms with Crippen LogP contribution in [0.25, 0.3) is 6.08 Å². The number of amides is 2. The van der Waals surface area contributed by atoms with E-state index in [1.54, 1.807) is 38.1 Å². The van der Waals surface area contributed by atoms with Gasteiger partial charge in [-0.1, -0.05) is 6.07 Å². The van der Waals surface area contributed by atoms with Crippen molar-refractivity contribution in [2.24, 2.45) is 0 Å². The predicted molar refractivity (Wildman–Crippen MR) is 93.5 cm³/mol. The molecule has 0 radical (unpaired) electrons. The van der Waals surface area contributed by atoms with Crippen molar-refractivity contribution in [1.82, 2.24) is 4.90 Å². The minimum absolute atomic E-state index is 0.231. The van der Waals surface area contributed by atoms with Gasteiger partial charge in [-0.2, -0.15) is 0 Å². The summed E-state index contributed by atoms with van der Waals surface area (Å²) in [6.45, 7) is 3.00. The van der Waals surface area contributed by atoms with Crippen LogP contribution in [0.15, 0.2) is 23.1 Å². The molecule has 1 heterocycles. The first-order valence-electron chi connectivity index (χ1n) is 7.52. The standard InChI is InChI=1S/C17H19NO6S/c1-10(2)24-15(19)9-18-16(20)14(25-17(18)21)8-11-5-6-12(22-3)13(7-11)23-4/h5-8,10H,9H2,1-4H3/b14-8+. The molecule has 0 atom stereocenters. The number of ether oxygens (including phenoxy) is 3. The Morgan fingerprint density at radius 2 is 1.88 bits per heavy atom. The monoisotopic (exact) mass is 365 g/mol. The summed E-state index contributed by atoms with van der Waals surface area (Å²) in [4.78, 5) is 37.2. The average molecular weight is 365 g/mol. The third-order valence-corrected chi connectivity index (χ3v) is 4.14. The number of methoxy groups -OCH3 is 2. The SMILES string of the molecule is COc1ccc(/C=C2/SC(=O)N(CC(=O)OC(C)C)C2=O)cc1OC. The molecule has 0 N–H and O–H groups in total. The Morgan fingerprint density at radius 3 is 2.48 bits per heavy atom. The Kier molecular flexibility index (Phi) is 6.08. The Labute approximate surface area is 149 Å². The van der Waals surface area contributed by atoms with Gasteiger partial charge in [0.05, 0.1) is 25.2 Å². The molecule has 134 valence electrons. The first-order chi connectivity index (χ1) is 11.8. The molecule has 1 aromatic carbocycles. The summed E-state index contributed by atoms with van der Waals surface area (Å²) in [6, 6.07) is 5.14. The summed E-state index contributed by atoms with van der Waals surface area (Å²) < 4.78 is 15.3. The largest absolute Gasteiger partial charge is 0.493 e. The summed E-state index contributed by atoms with van der Waals surface area (Å²) in [5, 5.41) is -0.502. The van der Waals surface area contributed by atoms with Crippen LogP contribution in [0.4, 0.5) is 4.79 Å². The quantitative estimate of drug-likeness (QED) is 0.566. The second-order valence-electron chi connectivity index (χ2n) is 5.42.